The number of rotatable bonds is 0. The summed E-state index contributed by atoms with van der Waals surface area (Å²) in [4.78, 5) is 4.18. The summed E-state index contributed by atoms with van der Waals surface area (Å²) >= 11 is 3.38. The van der Waals surface area contributed by atoms with Crippen molar-refractivity contribution in [3.05, 3.63) is 41.0 Å². The lowest BCUT2D eigenvalue weighted by atomic mass is 10.2. The van der Waals surface area contributed by atoms with Crippen molar-refractivity contribution >= 4 is 26.8 Å². The van der Waals surface area contributed by atoms with Gasteiger partial charge in [0.15, 0.2) is 0 Å². The predicted molar refractivity (Wildman–Crippen MR) is 48.3 cm³/mol. The van der Waals surface area contributed by atoms with E-state index in [4.69, 9.17) is 0 Å². The third-order valence-electron chi connectivity index (χ3n) is 1.49. The van der Waals surface area contributed by atoms with Crippen molar-refractivity contribution in [2.24, 2.45) is 0 Å². The van der Waals surface area contributed by atoms with Crippen molar-refractivity contribution in [1.29, 1.82) is 0 Å². The predicted octanol–water partition coefficient (Wildman–Crippen LogP) is 2.80. The Bertz CT molecular complexity index is 384. The molecule has 1 aromatic carbocycles. The molecular formula is C9H5BrN. The van der Waals surface area contributed by atoms with Crippen molar-refractivity contribution in [1.82, 2.24) is 4.98 Å². The molecule has 1 nitrogen and oxygen atoms in total. The van der Waals surface area contributed by atoms with Crippen molar-refractivity contribution in [3.63, 3.8) is 0 Å². The summed E-state index contributed by atoms with van der Waals surface area (Å²) in [5, 5.41) is 1.05. The first-order chi connectivity index (χ1) is 5.36. The van der Waals surface area contributed by atoms with Crippen LogP contribution >= 0.6 is 15.9 Å². The average molecular weight is 207 g/mol. The first kappa shape index (κ1) is 6.80. The Morgan fingerprint density at radius 2 is 2.27 bits per heavy atom. The molecule has 0 atom stereocenters. The Kier molecular flexibility index (Phi) is 1.62. The fraction of sp³-hybridized carbons (Fsp3) is 0. The number of pyridine rings is 1. The van der Waals surface area contributed by atoms with Gasteiger partial charge in [-0.25, -0.2) is 0 Å². The van der Waals surface area contributed by atoms with Gasteiger partial charge >= 0.3 is 0 Å². The standard InChI is InChI=1S/C9H5BrN/c10-8-4-3-7-2-1-5-11-9(7)6-8/h1,3-6H. The summed E-state index contributed by atoms with van der Waals surface area (Å²) < 4.78 is 1.05. The van der Waals surface area contributed by atoms with E-state index in [0.29, 0.717) is 0 Å². The number of nitrogens with zero attached hydrogens (tertiary/aromatic N) is 1. The molecule has 0 aliphatic heterocycles. The van der Waals surface area contributed by atoms with Crippen LogP contribution in [0.25, 0.3) is 10.9 Å². The summed E-state index contributed by atoms with van der Waals surface area (Å²) in [6.45, 7) is 0. The normalized spacial score (nSPS) is 10.3. The van der Waals surface area contributed by atoms with Gasteiger partial charge in [-0.2, -0.15) is 0 Å². The summed E-state index contributed by atoms with van der Waals surface area (Å²) in [5.74, 6) is 0. The van der Waals surface area contributed by atoms with E-state index in [2.05, 4.69) is 27.0 Å². The number of halogens is 1. The minimum atomic E-state index is 0.974. The Morgan fingerprint density at radius 1 is 1.36 bits per heavy atom. The second-order valence-electron chi connectivity index (χ2n) is 2.25. The molecule has 0 aliphatic rings. The lowest BCUT2D eigenvalue weighted by Gasteiger charge is -1.94. The molecule has 0 unspecified atom stereocenters. The smallest absolute Gasteiger partial charge is 0.0719 e. The highest BCUT2D eigenvalue weighted by Gasteiger charge is 1.92. The largest absolute Gasteiger partial charge is 0.256 e. The van der Waals surface area contributed by atoms with Crippen LogP contribution in [0, 0.1) is 6.07 Å². The van der Waals surface area contributed by atoms with Crippen LogP contribution in [-0.4, -0.2) is 4.98 Å². The van der Waals surface area contributed by atoms with E-state index in [1.165, 1.54) is 0 Å². The summed E-state index contributed by atoms with van der Waals surface area (Å²) in [5.41, 5.74) is 0.974. The molecule has 0 N–H and O–H groups in total. The second-order valence-corrected chi connectivity index (χ2v) is 3.17. The second kappa shape index (κ2) is 2.62. The van der Waals surface area contributed by atoms with E-state index in [0.717, 1.165) is 15.4 Å². The van der Waals surface area contributed by atoms with Crippen LogP contribution in [0.2, 0.25) is 0 Å². The Hall–Kier alpha value is -0.890. The topological polar surface area (TPSA) is 12.9 Å². The summed E-state index contributed by atoms with van der Waals surface area (Å²) in [6, 6.07) is 10.9. The van der Waals surface area contributed by atoms with Gasteiger partial charge in [-0.05, 0) is 24.3 Å². The van der Waals surface area contributed by atoms with Crippen LogP contribution in [0.5, 0.6) is 0 Å². The zero-order chi connectivity index (χ0) is 7.68. The molecule has 0 aliphatic carbocycles. The molecule has 1 aromatic heterocycles. The third-order valence-corrected chi connectivity index (χ3v) is 1.98. The minimum absolute atomic E-state index is 0.974. The number of hydrogen-bond donors (Lipinski definition) is 0. The molecule has 0 saturated carbocycles. The van der Waals surface area contributed by atoms with Crippen molar-refractivity contribution in [3.8, 4) is 0 Å². The van der Waals surface area contributed by atoms with E-state index in [-0.39, 0.29) is 0 Å². The number of benzene rings is 1. The number of fused-ring (bicyclic) bond motifs is 1. The minimum Gasteiger partial charge on any atom is -0.256 e. The van der Waals surface area contributed by atoms with Gasteiger partial charge in [0.05, 0.1) is 5.52 Å². The highest BCUT2D eigenvalue weighted by molar-refractivity contribution is 9.10. The molecule has 2 aromatic rings. The maximum atomic E-state index is 4.18. The van der Waals surface area contributed by atoms with Crippen LogP contribution in [0.1, 0.15) is 0 Å². The summed E-state index contributed by atoms with van der Waals surface area (Å²) in [7, 11) is 0. The van der Waals surface area contributed by atoms with Gasteiger partial charge in [0.25, 0.3) is 0 Å². The van der Waals surface area contributed by atoms with Crippen LogP contribution in [0.3, 0.4) is 0 Å². The fourth-order valence-corrected chi connectivity index (χ4v) is 1.33. The van der Waals surface area contributed by atoms with Crippen molar-refractivity contribution in [2.45, 2.75) is 0 Å². The van der Waals surface area contributed by atoms with Crippen LogP contribution in [0.15, 0.2) is 34.9 Å². The highest BCUT2D eigenvalue weighted by atomic mass is 79.9. The molecule has 53 valence electrons. The van der Waals surface area contributed by atoms with Crippen LogP contribution in [0.4, 0.5) is 0 Å². The molecule has 0 amide bonds. The van der Waals surface area contributed by atoms with Gasteiger partial charge in [0.2, 0.25) is 0 Å². The maximum Gasteiger partial charge on any atom is 0.0719 e. The molecule has 0 spiro atoms. The first-order valence-electron chi connectivity index (χ1n) is 3.28. The molecule has 2 rings (SSSR count). The van der Waals surface area contributed by atoms with E-state index in [1.54, 1.807) is 6.20 Å². The zero-order valence-electron chi connectivity index (χ0n) is 5.71. The van der Waals surface area contributed by atoms with Crippen molar-refractivity contribution < 1.29 is 0 Å². The fourth-order valence-electron chi connectivity index (χ4n) is 0.978. The third kappa shape index (κ3) is 1.26. The highest BCUT2D eigenvalue weighted by Crippen LogP contribution is 2.16. The van der Waals surface area contributed by atoms with Crippen LogP contribution < -0.4 is 0 Å². The van der Waals surface area contributed by atoms with E-state index < -0.39 is 0 Å². The molecule has 1 heterocycles. The molecule has 11 heavy (non-hydrogen) atoms. The molecule has 1 radical (unpaired) electrons. The quantitative estimate of drug-likeness (QED) is 0.647. The first-order valence-corrected chi connectivity index (χ1v) is 4.07. The lowest BCUT2D eigenvalue weighted by Crippen LogP contribution is -1.76. The Morgan fingerprint density at radius 3 is 3.18 bits per heavy atom. The zero-order valence-corrected chi connectivity index (χ0v) is 7.30. The van der Waals surface area contributed by atoms with Gasteiger partial charge in [-0.15, -0.1) is 0 Å². The van der Waals surface area contributed by atoms with Gasteiger partial charge in [0.1, 0.15) is 0 Å². The SMILES string of the molecule is Brc1ccc2[c]ccnc2c1. The van der Waals surface area contributed by atoms with Gasteiger partial charge in [-0.3, -0.25) is 4.98 Å². The van der Waals surface area contributed by atoms with E-state index in [1.807, 2.05) is 24.3 Å². The maximum absolute atomic E-state index is 4.18. The summed E-state index contributed by atoms with van der Waals surface area (Å²) in [6.07, 6.45) is 1.74. The Labute approximate surface area is 73.2 Å². The molecule has 0 fully saturated rings. The molecule has 2 heteroatoms. The number of aromatic nitrogens is 1. The number of hydrogen-bond acceptors (Lipinski definition) is 1. The lowest BCUT2D eigenvalue weighted by molar-refractivity contribution is 1.40. The van der Waals surface area contributed by atoms with Gasteiger partial charge < -0.3 is 0 Å². The molecular weight excluding hydrogens is 202 g/mol. The van der Waals surface area contributed by atoms with E-state index >= 15 is 0 Å². The monoisotopic (exact) mass is 206 g/mol. The average Bonchev–Trinajstić information content (AvgIpc) is 2.04. The van der Waals surface area contributed by atoms with Crippen molar-refractivity contribution in [2.75, 3.05) is 0 Å². The molecule has 0 saturated heterocycles. The van der Waals surface area contributed by atoms with Gasteiger partial charge in [-0.1, -0.05) is 22.0 Å². The van der Waals surface area contributed by atoms with Gasteiger partial charge in [0, 0.05) is 16.1 Å². The van der Waals surface area contributed by atoms with Crippen LogP contribution in [-0.2, 0) is 0 Å². The Balaban J connectivity index is 2.83. The van der Waals surface area contributed by atoms with E-state index in [9.17, 15) is 0 Å². The molecule has 0 bridgehead atoms.